The third-order valence-corrected chi connectivity index (χ3v) is 18.2. The first-order chi connectivity index (χ1) is 32.8. The van der Waals surface area contributed by atoms with Crippen molar-refractivity contribution in [2.45, 2.75) is 141 Å². The lowest BCUT2D eigenvalue weighted by atomic mass is 9.32. The highest BCUT2D eigenvalue weighted by atomic mass is 19.4. The first kappa shape index (κ1) is 46.2. The maximum atomic E-state index is 15.3. The van der Waals surface area contributed by atoms with Gasteiger partial charge in [-0.05, 0) is 148 Å². The summed E-state index contributed by atoms with van der Waals surface area (Å²) in [6.07, 6.45) is -4.94. The highest BCUT2D eigenvalue weighted by Crippen LogP contribution is 2.78. The summed E-state index contributed by atoms with van der Waals surface area (Å²) in [6.45, 7) is 0. The molecule has 0 aliphatic heterocycles. The monoisotopic (exact) mass is 942 g/mol. The first-order valence-corrected chi connectivity index (χ1v) is 24.6. The van der Waals surface area contributed by atoms with Gasteiger partial charge in [0.25, 0.3) is 5.92 Å². The van der Waals surface area contributed by atoms with E-state index in [1.807, 2.05) is 109 Å². The molecule has 8 fully saturated rings. The molecule has 6 aromatic rings. The van der Waals surface area contributed by atoms with Gasteiger partial charge in [0.1, 0.15) is 6.42 Å². The Hall–Kier alpha value is -5.24. The Morgan fingerprint density at radius 1 is 0.290 bits per heavy atom. The molecular formula is C61H58F8. The average Bonchev–Trinajstić information content (AvgIpc) is 3.31. The SMILES string of the molecule is FC(F)(F)C12CC3(c4ccccc4)CC(c4ccccc4)(CC(c4ccccc4)(C3)C1)C2.FC(F)(F)CC(F)(F)CC12CC3(c4ccccc4)CC(c4ccccc4)(C1)CC(c1ccccc1)(C2)C3. The molecule has 0 atom stereocenters. The van der Waals surface area contributed by atoms with E-state index >= 15 is 22.0 Å². The van der Waals surface area contributed by atoms with E-state index in [9.17, 15) is 13.2 Å². The number of rotatable bonds is 9. The fraction of sp³-hybridized carbons (Fsp3) is 0.410. The van der Waals surface area contributed by atoms with Crippen molar-refractivity contribution in [3.63, 3.8) is 0 Å². The van der Waals surface area contributed by atoms with Crippen molar-refractivity contribution in [2.75, 3.05) is 0 Å². The third-order valence-electron chi connectivity index (χ3n) is 18.2. The molecule has 0 unspecified atom stereocenters. The van der Waals surface area contributed by atoms with Gasteiger partial charge in [-0.15, -0.1) is 0 Å². The zero-order valence-corrected chi connectivity index (χ0v) is 38.7. The second-order valence-electron chi connectivity index (χ2n) is 23.1. The van der Waals surface area contributed by atoms with Crippen LogP contribution in [0.2, 0.25) is 0 Å². The Labute approximate surface area is 400 Å². The normalized spacial score (nSPS) is 34.3. The lowest BCUT2D eigenvalue weighted by Crippen LogP contribution is -2.68. The van der Waals surface area contributed by atoms with Crippen molar-refractivity contribution in [1.29, 1.82) is 0 Å². The van der Waals surface area contributed by atoms with Crippen molar-refractivity contribution in [1.82, 2.24) is 0 Å². The van der Waals surface area contributed by atoms with Crippen LogP contribution in [0.1, 0.15) is 123 Å². The number of alkyl halides is 8. The van der Waals surface area contributed by atoms with Gasteiger partial charge < -0.3 is 0 Å². The quantitative estimate of drug-likeness (QED) is 0.127. The Morgan fingerprint density at radius 2 is 0.507 bits per heavy atom. The van der Waals surface area contributed by atoms with Gasteiger partial charge in [0.15, 0.2) is 0 Å². The van der Waals surface area contributed by atoms with Crippen LogP contribution in [0.25, 0.3) is 0 Å². The second-order valence-corrected chi connectivity index (χ2v) is 23.1. The van der Waals surface area contributed by atoms with Crippen LogP contribution in [0.5, 0.6) is 0 Å². The van der Waals surface area contributed by atoms with Crippen molar-refractivity contribution >= 4 is 0 Å². The van der Waals surface area contributed by atoms with Crippen LogP contribution in [0.3, 0.4) is 0 Å². The number of hydrogen-bond acceptors (Lipinski definition) is 0. The van der Waals surface area contributed by atoms with Crippen LogP contribution >= 0.6 is 0 Å². The molecule has 0 spiro atoms. The highest BCUT2D eigenvalue weighted by molar-refractivity contribution is 5.48. The Morgan fingerprint density at radius 3 is 0.710 bits per heavy atom. The summed E-state index contributed by atoms with van der Waals surface area (Å²) in [5, 5.41) is 0. The molecule has 8 heteroatoms. The predicted octanol–water partition coefficient (Wildman–Crippen LogP) is 16.9. The number of halogens is 8. The number of benzene rings is 6. The summed E-state index contributed by atoms with van der Waals surface area (Å²) in [5.74, 6) is -3.81. The zero-order valence-electron chi connectivity index (χ0n) is 38.7. The Balaban J connectivity index is 0.000000152. The fourth-order valence-electron chi connectivity index (χ4n) is 17.5. The topological polar surface area (TPSA) is 0 Å². The van der Waals surface area contributed by atoms with Crippen LogP contribution in [0.4, 0.5) is 35.1 Å². The summed E-state index contributed by atoms with van der Waals surface area (Å²) < 4.78 is 116. The van der Waals surface area contributed by atoms with Gasteiger partial charge in [-0.3, -0.25) is 0 Å². The lowest BCUT2D eigenvalue weighted by molar-refractivity contribution is -0.286. The minimum Gasteiger partial charge on any atom is -0.206 e. The van der Waals surface area contributed by atoms with Gasteiger partial charge in [-0.2, -0.15) is 26.3 Å². The van der Waals surface area contributed by atoms with E-state index in [1.54, 1.807) is 0 Å². The maximum Gasteiger partial charge on any atom is 0.394 e. The predicted molar refractivity (Wildman–Crippen MR) is 255 cm³/mol. The van der Waals surface area contributed by atoms with Gasteiger partial charge in [0, 0.05) is 6.42 Å². The molecule has 8 saturated carbocycles. The molecule has 69 heavy (non-hydrogen) atoms. The first-order valence-electron chi connectivity index (χ1n) is 24.6. The molecule has 0 saturated heterocycles. The van der Waals surface area contributed by atoms with Crippen molar-refractivity contribution in [2.24, 2.45) is 10.8 Å². The van der Waals surface area contributed by atoms with Gasteiger partial charge in [-0.1, -0.05) is 182 Å². The maximum absolute atomic E-state index is 15.3. The van der Waals surface area contributed by atoms with Gasteiger partial charge in [-0.25, -0.2) is 8.78 Å². The van der Waals surface area contributed by atoms with Crippen molar-refractivity contribution < 1.29 is 35.1 Å². The minimum atomic E-state index is -4.91. The summed E-state index contributed by atoms with van der Waals surface area (Å²) in [4.78, 5) is 0. The average molecular weight is 943 g/mol. The molecule has 0 nitrogen and oxygen atoms in total. The van der Waals surface area contributed by atoms with Crippen LogP contribution in [0.15, 0.2) is 182 Å². The molecular weight excluding hydrogens is 885 g/mol. The number of hydrogen-bond donors (Lipinski definition) is 0. The highest BCUT2D eigenvalue weighted by Gasteiger charge is 2.76. The molecule has 358 valence electrons. The molecule has 0 radical (unpaired) electrons. The largest absolute Gasteiger partial charge is 0.394 e. The van der Waals surface area contributed by atoms with Crippen LogP contribution < -0.4 is 0 Å². The van der Waals surface area contributed by atoms with E-state index in [4.69, 9.17) is 0 Å². The van der Waals surface area contributed by atoms with Crippen molar-refractivity contribution in [3.8, 4) is 0 Å². The zero-order chi connectivity index (χ0) is 48.1. The van der Waals surface area contributed by atoms with Crippen molar-refractivity contribution in [3.05, 3.63) is 215 Å². The van der Waals surface area contributed by atoms with Gasteiger partial charge in [0.05, 0.1) is 5.41 Å². The summed E-state index contributed by atoms with van der Waals surface area (Å²) in [7, 11) is 0. The van der Waals surface area contributed by atoms with Crippen LogP contribution in [-0.2, 0) is 32.5 Å². The Kier molecular flexibility index (Phi) is 10.6. The van der Waals surface area contributed by atoms with E-state index in [1.165, 1.54) is 0 Å². The molecule has 14 rings (SSSR count). The van der Waals surface area contributed by atoms with E-state index in [0.717, 1.165) is 71.9 Å². The molecule has 8 bridgehead atoms. The smallest absolute Gasteiger partial charge is 0.206 e. The van der Waals surface area contributed by atoms with Gasteiger partial charge >= 0.3 is 12.4 Å². The van der Waals surface area contributed by atoms with E-state index < -0.39 is 58.2 Å². The van der Waals surface area contributed by atoms with E-state index in [-0.39, 0.29) is 35.5 Å². The molecule has 0 N–H and O–H groups in total. The Bertz CT molecular complexity index is 2470. The van der Waals surface area contributed by atoms with Gasteiger partial charge in [0.2, 0.25) is 0 Å². The molecule has 0 heterocycles. The molecule has 0 amide bonds. The minimum absolute atomic E-state index is 0.205. The van der Waals surface area contributed by atoms with E-state index in [2.05, 4.69) is 72.8 Å². The van der Waals surface area contributed by atoms with E-state index in [0.29, 0.717) is 19.3 Å². The van der Waals surface area contributed by atoms with Crippen LogP contribution in [-0.4, -0.2) is 18.3 Å². The third kappa shape index (κ3) is 7.85. The van der Waals surface area contributed by atoms with Crippen LogP contribution in [0, 0.1) is 10.8 Å². The standard InChI is InChI=1S/C32H31F5.C29H27F3/c33-31(34,23-32(35,36)37)19-27-16-28(24-10-4-1-5-11-24)20-29(17-27,25-12-6-2-7-13-25)22-30(18-27,21-28)26-14-8-3-9-15-26;30-29(31,32)28-19-25(22-10-4-1-5-11-22)16-26(20-28,23-12-6-2-7-13-23)18-27(17-25,21-28)24-14-8-3-9-15-24/h1-15H,16-23H2;1-15H,16-21H2. The molecule has 6 aromatic carbocycles. The lowest BCUT2D eigenvalue weighted by Gasteiger charge is -2.71. The summed E-state index contributed by atoms with van der Waals surface area (Å²) in [5.41, 5.74) is 1.48. The molecule has 8 aliphatic rings. The molecule has 8 aliphatic carbocycles. The summed E-state index contributed by atoms with van der Waals surface area (Å²) in [6, 6.07) is 60.5. The molecule has 0 aromatic heterocycles. The summed E-state index contributed by atoms with van der Waals surface area (Å²) >= 11 is 0. The fourth-order valence-corrected chi connectivity index (χ4v) is 17.5. The second kappa shape index (κ2) is 15.9.